The summed E-state index contributed by atoms with van der Waals surface area (Å²) in [6.45, 7) is 0. The predicted octanol–water partition coefficient (Wildman–Crippen LogP) is 6.75. The van der Waals surface area contributed by atoms with Crippen molar-refractivity contribution in [3.8, 4) is 46.8 Å². The van der Waals surface area contributed by atoms with Gasteiger partial charge < -0.3 is 8.83 Å². The number of benzene rings is 2. The van der Waals surface area contributed by atoms with Crippen LogP contribution in [-0.2, 0) is 24.7 Å². The van der Waals surface area contributed by atoms with Gasteiger partial charge in [0.15, 0.2) is 11.1 Å². The van der Waals surface area contributed by atoms with Crippen molar-refractivity contribution in [3.05, 3.63) is 80.6 Å². The van der Waals surface area contributed by atoms with Crippen molar-refractivity contribution < 1.29 is 61.5 Å². The lowest BCUT2D eigenvalue weighted by molar-refractivity contribution is -0.144. The van der Waals surface area contributed by atoms with E-state index in [1.807, 2.05) is 0 Å². The SMILES string of the molecule is N#CC(C#N)=c1nc(-c2cc(C(F)(F)F)cc(C(F)(F)F)c2)/c(=c2\oc(=C(C#N)C#N)nc2-c2cc(C(F)(F)F)cc(C(F)(F)F)c2)o1. The first-order valence-corrected chi connectivity index (χ1v) is 12.1. The van der Waals surface area contributed by atoms with E-state index in [-0.39, 0.29) is 36.4 Å². The minimum Gasteiger partial charge on any atom is -0.431 e. The summed E-state index contributed by atoms with van der Waals surface area (Å²) >= 11 is 0. The standard InChI is InChI=1S/C28H6F12N6O2/c29-25(30,31)15-1-11(2-16(5-15)26(32,33)34)19-21(47-23(45-19)13(7-41)8-42)22-20(46-24(48-22)14(9-43)10-44)12-3-17(27(35,36)37)6-18(4-12)28(38,39)40/h1-6H/b22-21+. The highest BCUT2D eigenvalue weighted by atomic mass is 19.4. The number of nitriles is 4. The maximum absolute atomic E-state index is 13.7. The highest BCUT2D eigenvalue weighted by Gasteiger charge is 2.39. The summed E-state index contributed by atoms with van der Waals surface area (Å²) in [5.41, 5.74) is -18.7. The fourth-order valence-electron chi connectivity index (χ4n) is 3.98. The largest absolute Gasteiger partial charge is 0.431 e. The topological polar surface area (TPSA) is 147 Å². The lowest BCUT2D eigenvalue weighted by Gasteiger charge is -2.13. The van der Waals surface area contributed by atoms with Gasteiger partial charge in [-0.05, 0) is 36.4 Å². The molecule has 20 heteroatoms. The van der Waals surface area contributed by atoms with E-state index in [1.54, 1.807) is 0 Å². The molecule has 0 spiro atoms. The van der Waals surface area contributed by atoms with Crippen LogP contribution in [0.15, 0.2) is 45.2 Å². The van der Waals surface area contributed by atoms with E-state index < -0.39 is 103 Å². The van der Waals surface area contributed by atoms with Crippen molar-refractivity contribution in [1.82, 2.24) is 9.97 Å². The fraction of sp³-hybridized carbons (Fsp3) is 0.143. The lowest BCUT2D eigenvalue weighted by atomic mass is 10.0. The van der Waals surface area contributed by atoms with Crippen LogP contribution in [0.3, 0.4) is 0 Å². The second kappa shape index (κ2) is 11.8. The molecule has 4 rings (SSSR count). The summed E-state index contributed by atoms with van der Waals surface area (Å²) in [4.78, 5) is 7.24. The van der Waals surface area contributed by atoms with Gasteiger partial charge in [0.25, 0.3) is 0 Å². The third kappa shape index (κ3) is 6.78. The molecule has 0 bridgehead atoms. The number of hydrogen-bond acceptors (Lipinski definition) is 8. The number of halogens is 12. The highest BCUT2D eigenvalue weighted by molar-refractivity contribution is 5.73. The molecule has 0 amide bonds. The van der Waals surface area contributed by atoms with Crippen LogP contribution in [0, 0.1) is 56.2 Å². The monoisotopic (exact) mass is 686 g/mol. The second-order valence-corrected chi connectivity index (χ2v) is 9.18. The average molecular weight is 686 g/mol. The van der Waals surface area contributed by atoms with Crippen LogP contribution in [-0.4, -0.2) is 9.97 Å². The Kier molecular flexibility index (Phi) is 8.52. The van der Waals surface area contributed by atoms with E-state index in [0.29, 0.717) is 0 Å². The Morgan fingerprint density at radius 3 is 0.917 bits per heavy atom. The van der Waals surface area contributed by atoms with Crippen LogP contribution in [0.25, 0.3) is 33.7 Å². The Hall–Kier alpha value is -6.28. The molecule has 0 unspecified atom stereocenters. The zero-order valence-corrected chi connectivity index (χ0v) is 22.5. The van der Waals surface area contributed by atoms with E-state index in [1.165, 1.54) is 24.3 Å². The second-order valence-electron chi connectivity index (χ2n) is 9.18. The minimum atomic E-state index is -5.43. The van der Waals surface area contributed by atoms with E-state index in [0.717, 1.165) is 0 Å². The van der Waals surface area contributed by atoms with Gasteiger partial charge in [-0.1, -0.05) is 0 Å². The van der Waals surface area contributed by atoms with Gasteiger partial charge >= 0.3 is 24.7 Å². The zero-order chi connectivity index (χ0) is 36.0. The molecular weight excluding hydrogens is 680 g/mol. The van der Waals surface area contributed by atoms with Gasteiger partial charge in [0.2, 0.25) is 21.9 Å². The molecule has 8 nitrogen and oxygen atoms in total. The highest BCUT2D eigenvalue weighted by Crippen LogP contribution is 2.40. The zero-order valence-electron chi connectivity index (χ0n) is 22.5. The lowest BCUT2D eigenvalue weighted by Crippen LogP contribution is -2.11. The van der Waals surface area contributed by atoms with Crippen molar-refractivity contribution in [3.63, 3.8) is 0 Å². The van der Waals surface area contributed by atoms with Crippen LogP contribution < -0.4 is 11.1 Å². The fourth-order valence-corrected chi connectivity index (χ4v) is 3.98. The Bertz CT molecular complexity index is 2090. The van der Waals surface area contributed by atoms with Gasteiger partial charge in [-0.25, -0.2) is 9.97 Å². The van der Waals surface area contributed by atoms with Crippen LogP contribution in [0.5, 0.6) is 0 Å². The molecule has 0 saturated heterocycles. The molecular formula is C28H6F12N6O2. The molecule has 0 aliphatic heterocycles. The molecule has 0 aliphatic rings. The first-order valence-electron chi connectivity index (χ1n) is 12.1. The van der Waals surface area contributed by atoms with Crippen molar-refractivity contribution >= 4 is 11.1 Å². The van der Waals surface area contributed by atoms with Crippen LogP contribution in [0.4, 0.5) is 52.7 Å². The summed E-state index contributed by atoms with van der Waals surface area (Å²) in [5.74, 6) is 0. The van der Waals surface area contributed by atoms with Gasteiger partial charge in [-0.2, -0.15) is 73.7 Å². The van der Waals surface area contributed by atoms with E-state index in [4.69, 9.17) is 8.83 Å². The van der Waals surface area contributed by atoms with Crippen molar-refractivity contribution in [2.45, 2.75) is 24.7 Å². The summed E-state index contributed by atoms with van der Waals surface area (Å²) in [5, 5.41) is 37.1. The van der Waals surface area contributed by atoms with Gasteiger partial charge in [0.05, 0.1) is 22.3 Å². The third-order valence-corrected chi connectivity index (χ3v) is 6.06. The average Bonchev–Trinajstić information content (AvgIpc) is 3.62. The van der Waals surface area contributed by atoms with E-state index in [2.05, 4.69) is 9.97 Å². The van der Waals surface area contributed by atoms with Crippen molar-refractivity contribution in [2.75, 3.05) is 0 Å². The van der Waals surface area contributed by atoms with E-state index >= 15 is 0 Å². The molecule has 4 aromatic rings. The summed E-state index contributed by atoms with van der Waals surface area (Å²) < 4.78 is 174. The van der Waals surface area contributed by atoms with Gasteiger partial charge in [0.1, 0.15) is 35.7 Å². The summed E-state index contributed by atoms with van der Waals surface area (Å²) in [6.07, 6.45) is -21.7. The number of alkyl halides is 12. The third-order valence-electron chi connectivity index (χ3n) is 6.06. The molecule has 0 radical (unpaired) electrons. The number of rotatable bonds is 2. The van der Waals surface area contributed by atoms with Crippen LogP contribution in [0.1, 0.15) is 22.3 Å². The Morgan fingerprint density at radius 2 is 0.708 bits per heavy atom. The van der Waals surface area contributed by atoms with Crippen molar-refractivity contribution in [2.24, 2.45) is 0 Å². The Labute approximate surface area is 256 Å². The number of aromatic nitrogens is 2. The van der Waals surface area contributed by atoms with Gasteiger partial charge in [-0.15, -0.1) is 0 Å². The number of nitrogens with zero attached hydrogens (tertiary/aromatic N) is 6. The summed E-state index contributed by atoms with van der Waals surface area (Å²) in [7, 11) is 0. The molecule has 0 saturated carbocycles. The van der Waals surface area contributed by atoms with Gasteiger partial charge in [-0.3, -0.25) is 0 Å². The number of hydrogen-bond donors (Lipinski definition) is 0. The minimum absolute atomic E-state index is 0.101. The smallest absolute Gasteiger partial charge is 0.416 e. The molecule has 48 heavy (non-hydrogen) atoms. The molecule has 0 fully saturated rings. The van der Waals surface area contributed by atoms with Gasteiger partial charge in [0, 0.05) is 11.1 Å². The molecule has 0 atom stereocenters. The Morgan fingerprint density at radius 1 is 0.458 bits per heavy atom. The predicted molar refractivity (Wildman–Crippen MR) is 130 cm³/mol. The first kappa shape index (κ1) is 34.6. The molecule has 244 valence electrons. The first-order chi connectivity index (χ1) is 22.1. The van der Waals surface area contributed by atoms with Crippen LogP contribution >= 0.6 is 0 Å². The summed E-state index contributed by atoms with van der Waals surface area (Å²) in [6, 6.07) is 4.92. The molecule has 2 aromatic carbocycles. The van der Waals surface area contributed by atoms with E-state index in [9.17, 15) is 73.7 Å². The molecule has 0 N–H and O–H groups in total. The Balaban J connectivity index is 2.38. The normalized spacial score (nSPS) is 12.8. The molecule has 2 aromatic heterocycles. The molecule has 2 heterocycles. The van der Waals surface area contributed by atoms with Crippen molar-refractivity contribution in [1.29, 1.82) is 21.0 Å². The number of oxazole rings is 2. The quantitative estimate of drug-likeness (QED) is 0.210. The molecule has 0 aliphatic carbocycles. The maximum Gasteiger partial charge on any atom is 0.416 e. The van der Waals surface area contributed by atoms with Crippen LogP contribution in [0.2, 0.25) is 0 Å². The maximum atomic E-state index is 13.7.